The van der Waals surface area contributed by atoms with Crippen molar-refractivity contribution in [1.82, 2.24) is 0 Å². The molecular formula is C30H19Br. The lowest BCUT2D eigenvalue weighted by molar-refractivity contribution is 1.66. The highest BCUT2D eigenvalue weighted by molar-refractivity contribution is 9.10. The zero-order valence-corrected chi connectivity index (χ0v) is 18.4. The second-order valence-corrected chi connectivity index (χ2v) is 8.70. The Morgan fingerprint density at radius 2 is 0.806 bits per heavy atom. The van der Waals surface area contributed by atoms with Crippen molar-refractivity contribution in [3.05, 3.63) is 120 Å². The van der Waals surface area contributed by atoms with Crippen LogP contribution in [0.3, 0.4) is 0 Å². The van der Waals surface area contributed by atoms with Gasteiger partial charge in [-0.05, 0) is 60.6 Å². The molecule has 0 aliphatic carbocycles. The molecule has 0 amide bonds. The average Bonchev–Trinajstić information content (AvgIpc) is 2.84. The first-order valence-corrected chi connectivity index (χ1v) is 11.3. The van der Waals surface area contributed by atoms with Gasteiger partial charge in [-0.25, -0.2) is 0 Å². The predicted molar refractivity (Wildman–Crippen MR) is 138 cm³/mol. The average molecular weight is 459 g/mol. The predicted octanol–water partition coefficient (Wildman–Crippen LogP) is 9.24. The van der Waals surface area contributed by atoms with Gasteiger partial charge in [0.15, 0.2) is 0 Å². The molecule has 0 bridgehead atoms. The number of benzene rings is 6. The molecule has 0 saturated heterocycles. The fourth-order valence-corrected chi connectivity index (χ4v) is 5.29. The molecule has 1 heteroatoms. The van der Waals surface area contributed by atoms with Crippen molar-refractivity contribution in [3.8, 4) is 22.3 Å². The van der Waals surface area contributed by atoms with Gasteiger partial charge in [0.05, 0.1) is 0 Å². The SMILES string of the molecule is Brc1ccc(-c2c3ccccc3c(-c3ccccc3)c3ccccc23)c2ccccc12. The number of hydrogen-bond acceptors (Lipinski definition) is 0. The molecule has 0 aliphatic rings. The molecule has 0 N–H and O–H groups in total. The van der Waals surface area contributed by atoms with E-state index >= 15 is 0 Å². The van der Waals surface area contributed by atoms with Crippen LogP contribution in [0, 0.1) is 0 Å². The fraction of sp³-hybridized carbons (Fsp3) is 0. The molecule has 31 heavy (non-hydrogen) atoms. The van der Waals surface area contributed by atoms with Gasteiger partial charge in [-0.15, -0.1) is 0 Å². The van der Waals surface area contributed by atoms with Crippen molar-refractivity contribution < 1.29 is 0 Å². The molecule has 0 radical (unpaired) electrons. The lowest BCUT2D eigenvalue weighted by atomic mass is 9.85. The van der Waals surface area contributed by atoms with Crippen LogP contribution in [0.25, 0.3) is 54.6 Å². The zero-order valence-electron chi connectivity index (χ0n) is 16.8. The van der Waals surface area contributed by atoms with E-state index in [1.165, 1.54) is 54.6 Å². The summed E-state index contributed by atoms with van der Waals surface area (Å²) in [4.78, 5) is 0. The normalized spacial score (nSPS) is 11.4. The standard InChI is InChI=1S/C30H19Br/c31-28-19-18-27(21-12-4-5-13-22(21)28)30-25-16-8-6-14-23(25)29(20-10-2-1-3-11-20)24-15-7-9-17-26(24)30/h1-19H. The van der Waals surface area contributed by atoms with Crippen molar-refractivity contribution in [3.63, 3.8) is 0 Å². The van der Waals surface area contributed by atoms with E-state index in [1.54, 1.807) is 0 Å². The van der Waals surface area contributed by atoms with Gasteiger partial charge in [0.2, 0.25) is 0 Å². The Kier molecular flexibility index (Phi) is 4.36. The number of fused-ring (bicyclic) bond motifs is 3. The summed E-state index contributed by atoms with van der Waals surface area (Å²) in [6.45, 7) is 0. The van der Waals surface area contributed by atoms with Crippen LogP contribution in [0.2, 0.25) is 0 Å². The third-order valence-electron chi connectivity index (χ3n) is 6.13. The maximum absolute atomic E-state index is 3.75. The fourth-order valence-electron chi connectivity index (χ4n) is 4.81. The first-order chi connectivity index (χ1) is 15.3. The molecule has 0 aromatic heterocycles. The van der Waals surface area contributed by atoms with Crippen LogP contribution in [-0.4, -0.2) is 0 Å². The topological polar surface area (TPSA) is 0 Å². The molecular weight excluding hydrogens is 440 g/mol. The van der Waals surface area contributed by atoms with Gasteiger partial charge in [-0.1, -0.05) is 125 Å². The Balaban J connectivity index is 1.85. The largest absolute Gasteiger partial charge is 0.0622 e. The van der Waals surface area contributed by atoms with E-state index in [9.17, 15) is 0 Å². The van der Waals surface area contributed by atoms with E-state index in [0.717, 1.165) is 4.47 Å². The third-order valence-corrected chi connectivity index (χ3v) is 6.83. The molecule has 0 nitrogen and oxygen atoms in total. The summed E-state index contributed by atoms with van der Waals surface area (Å²) in [5, 5.41) is 7.64. The van der Waals surface area contributed by atoms with Crippen LogP contribution >= 0.6 is 15.9 Å². The molecule has 6 rings (SSSR count). The summed E-state index contributed by atoms with van der Waals surface area (Å²) >= 11 is 3.75. The van der Waals surface area contributed by atoms with Crippen molar-refractivity contribution in [2.45, 2.75) is 0 Å². The zero-order chi connectivity index (χ0) is 20.8. The second-order valence-electron chi connectivity index (χ2n) is 7.85. The molecule has 0 heterocycles. The molecule has 0 saturated carbocycles. The maximum Gasteiger partial charge on any atom is 0.0254 e. The van der Waals surface area contributed by atoms with Gasteiger partial charge < -0.3 is 0 Å². The summed E-state index contributed by atoms with van der Waals surface area (Å²) in [7, 11) is 0. The molecule has 0 fully saturated rings. The Morgan fingerprint density at radius 1 is 0.355 bits per heavy atom. The van der Waals surface area contributed by atoms with Crippen LogP contribution in [0.5, 0.6) is 0 Å². The second kappa shape index (κ2) is 7.37. The van der Waals surface area contributed by atoms with E-state index in [4.69, 9.17) is 0 Å². The van der Waals surface area contributed by atoms with Crippen molar-refractivity contribution in [2.24, 2.45) is 0 Å². The van der Waals surface area contributed by atoms with Crippen LogP contribution < -0.4 is 0 Å². The summed E-state index contributed by atoms with van der Waals surface area (Å²) in [6.07, 6.45) is 0. The van der Waals surface area contributed by atoms with Gasteiger partial charge in [0, 0.05) is 4.47 Å². The van der Waals surface area contributed by atoms with E-state index in [1.807, 2.05) is 0 Å². The minimum absolute atomic E-state index is 1.13. The highest BCUT2D eigenvalue weighted by Gasteiger charge is 2.17. The minimum atomic E-state index is 1.13. The molecule has 0 atom stereocenters. The summed E-state index contributed by atoms with van der Waals surface area (Å²) < 4.78 is 1.13. The van der Waals surface area contributed by atoms with E-state index in [2.05, 4.69) is 131 Å². The first-order valence-electron chi connectivity index (χ1n) is 10.5. The molecule has 0 spiro atoms. The summed E-state index contributed by atoms with van der Waals surface area (Å²) in [5.74, 6) is 0. The van der Waals surface area contributed by atoms with Crippen LogP contribution in [-0.2, 0) is 0 Å². The van der Waals surface area contributed by atoms with Crippen LogP contribution in [0.4, 0.5) is 0 Å². The van der Waals surface area contributed by atoms with Gasteiger partial charge in [0.1, 0.15) is 0 Å². The highest BCUT2D eigenvalue weighted by atomic mass is 79.9. The Hall–Kier alpha value is -3.42. The Bertz CT molecular complexity index is 1520. The van der Waals surface area contributed by atoms with Crippen molar-refractivity contribution in [2.75, 3.05) is 0 Å². The monoisotopic (exact) mass is 458 g/mol. The van der Waals surface area contributed by atoms with Gasteiger partial charge in [-0.3, -0.25) is 0 Å². The van der Waals surface area contributed by atoms with Gasteiger partial charge >= 0.3 is 0 Å². The quantitative estimate of drug-likeness (QED) is 0.226. The molecule has 6 aromatic rings. The van der Waals surface area contributed by atoms with Crippen LogP contribution in [0.15, 0.2) is 120 Å². The summed E-state index contributed by atoms with van der Waals surface area (Å²) in [6, 6.07) is 41.4. The van der Waals surface area contributed by atoms with Gasteiger partial charge in [0.25, 0.3) is 0 Å². The van der Waals surface area contributed by atoms with Crippen LogP contribution in [0.1, 0.15) is 0 Å². The van der Waals surface area contributed by atoms with E-state index in [0.29, 0.717) is 0 Å². The Morgan fingerprint density at radius 3 is 1.39 bits per heavy atom. The lowest BCUT2D eigenvalue weighted by Gasteiger charge is -2.19. The lowest BCUT2D eigenvalue weighted by Crippen LogP contribution is -1.91. The smallest absolute Gasteiger partial charge is 0.0254 e. The maximum atomic E-state index is 3.75. The van der Waals surface area contributed by atoms with Crippen molar-refractivity contribution >= 4 is 48.2 Å². The minimum Gasteiger partial charge on any atom is -0.0622 e. The highest BCUT2D eigenvalue weighted by Crippen LogP contribution is 2.45. The van der Waals surface area contributed by atoms with E-state index < -0.39 is 0 Å². The molecule has 146 valence electrons. The molecule has 6 aromatic carbocycles. The first kappa shape index (κ1) is 18.4. The summed E-state index contributed by atoms with van der Waals surface area (Å²) in [5.41, 5.74) is 5.12. The molecule has 0 unspecified atom stereocenters. The third kappa shape index (κ3) is 2.89. The number of halogens is 1. The number of hydrogen-bond donors (Lipinski definition) is 0. The van der Waals surface area contributed by atoms with Crippen molar-refractivity contribution in [1.29, 1.82) is 0 Å². The Labute approximate surface area is 189 Å². The van der Waals surface area contributed by atoms with E-state index in [-0.39, 0.29) is 0 Å². The molecule has 0 aliphatic heterocycles. The van der Waals surface area contributed by atoms with Gasteiger partial charge in [-0.2, -0.15) is 0 Å². The number of rotatable bonds is 2.